The van der Waals surface area contributed by atoms with E-state index >= 15 is 0 Å². The van der Waals surface area contributed by atoms with Gasteiger partial charge in [0.1, 0.15) is 11.1 Å². The third kappa shape index (κ3) is 4.61. The van der Waals surface area contributed by atoms with Crippen LogP contribution in [-0.4, -0.2) is 20.7 Å². The summed E-state index contributed by atoms with van der Waals surface area (Å²) >= 11 is 3.01. The molecule has 1 N–H and O–H groups in total. The van der Waals surface area contributed by atoms with Crippen LogP contribution in [0.2, 0.25) is 0 Å². The van der Waals surface area contributed by atoms with Crippen molar-refractivity contribution in [1.82, 2.24) is 9.55 Å². The molecule has 0 spiro atoms. The Hall–Kier alpha value is -2.56. The first-order valence-electron chi connectivity index (χ1n) is 10.2. The molecule has 30 heavy (non-hydrogen) atoms. The molecular formula is C23H24N4OS2. The summed E-state index contributed by atoms with van der Waals surface area (Å²) in [4.78, 5) is 18.6. The number of fused-ring (bicyclic) bond motifs is 1. The second-order valence-corrected chi connectivity index (χ2v) is 9.87. The van der Waals surface area contributed by atoms with Crippen LogP contribution in [-0.2, 0) is 24.2 Å². The minimum Gasteiger partial charge on any atom is -0.322 e. The van der Waals surface area contributed by atoms with E-state index in [9.17, 15) is 10.1 Å². The van der Waals surface area contributed by atoms with Gasteiger partial charge in [-0.3, -0.25) is 4.79 Å². The number of aromatic nitrogens is 2. The fraction of sp³-hybridized carbons (Fsp3) is 0.348. The van der Waals surface area contributed by atoms with Crippen LogP contribution in [0.25, 0.3) is 0 Å². The van der Waals surface area contributed by atoms with E-state index in [2.05, 4.69) is 33.1 Å². The molecule has 2 aromatic heterocycles. The van der Waals surface area contributed by atoms with Crippen LogP contribution >= 0.6 is 23.1 Å². The number of anilines is 1. The van der Waals surface area contributed by atoms with Crippen LogP contribution in [0.4, 0.5) is 5.00 Å². The number of amides is 1. The number of benzene rings is 1. The number of thiophene rings is 1. The topological polar surface area (TPSA) is 70.7 Å². The zero-order valence-electron chi connectivity index (χ0n) is 16.9. The van der Waals surface area contributed by atoms with Gasteiger partial charge in [0.2, 0.25) is 5.91 Å². The van der Waals surface area contributed by atoms with Gasteiger partial charge in [-0.15, -0.1) is 11.3 Å². The maximum Gasteiger partial charge on any atom is 0.238 e. The summed E-state index contributed by atoms with van der Waals surface area (Å²) in [5.41, 5.74) is 3.00. The third-order valence-electron chi connectivity index (χ3n) is 5.29. The van der Waals surface area contributed by atoms with Crippen molar-refractivity contribution in [2.24, 2.45) is 0 Å². The van der Waals surface area contributed by atoms with E-state index in [0.29, 0.717) is 17.1 Å². The average Bonchev–Trinajstić information content (AvgIpc) is 3.24. The Morgan fingerprint density at radius 3 is 2.90 bits per heavy atom. The zero-order valence-corrected chi connectivity index (χ0v) is 18.6. The Bertz CT molecular complexity index is 1060. The van der Waals surface area contributed by atoms with E-state index < -0.39 is 0 Å². The molecule has 7 heteroatoms. The summed E-state index contributed by atoms with van der Waals surface area (Å²) in [5, 5.41) is 13.9. The van der Waals surface area contributed by atoms with Crippen molar-refractivity contribution in [1.29, 1.82) is 5.26 Å². The molecule has 0 saturated carbocycles. The van der Waals surface area contributed by atoms with Gasteiger partial charge in [-0.1, -0.05) is 48.5 Å². The lowest BCUT2D eigenvalue weighted by atomic mass is 10.1. The molecule has 0 unspecified atom stereocenters. The molecule has 1 aliphatic rings. The van der Waals surface area contributed by atoms with Crippen LogP contribution in [0.15, 0.2) is 47.9 Å². The maximum absolute atomic E-state index is 12.9. The van der Waals surface area contributed by atoms with Gasteiger partial charge in [-0.05, 0) is 43.7 Å². The standard InChI is InChI=1S/C23H24N4OS2/c1-16(29-23-25-12-13-27(23)15-17-8-4-2-5-9-17)21(28)26-22-19(14-24)18-10-6-3-7-11-20(18)30-22/h2,4-5,8-9,12-13,16H,3,6-7,10-11,15H2,1H3,(H,26,28)/t16-/m0/s1. The summed E-state index contributed by atoms with van der Waals surface area (Å²) in [5.74, 6) is -0.0952. The van der Waals surface area contributed by atoms with Crippen LogP contribution in [0.5, 0.6) is 0 Å². The lowest BCUT2D eigenvalue weighted by molar-refractivity contribution is -0.115. The Balaban J connectivity index is 1.44. The summed E-state index contributed by atoms with van der Waals surface area (Å²) in [6, 6.07) is 12.5. The fourth-order valence-corrected chi connectivity index (χ4v) is 5.80. The molecule has 154 valence electrons. The molecular weight excluding hydrogens is 412 g/mol. The highest BCUT2D eigenvalue weighted by Crippen LogP contribution is 2.37. The van der Waals surface area contributed by atoms with Gasteiger partial charge >= 0.3 is 0 Å². The van der Waals surface area contributed by atoms with Crippen molar-refractivity contribution in [3.63, 3.8) is 0 Å². The molecule has 3 aromatic rings. The Kier molecular flexibility index (Phi) is 6.56. The van der Waals surface area contributed by atoms with Gasteiger partial charge in [-0.2, -0.15) is 5.26 Å². The molecule has 2 heterocycles. The number of carbonyl (C=O) groups excluding carboxylic acids is 1. The number of hydrogen-bond donors (Lipinski definition) is 1. The number of carbonyl (C=O) groups is 1. The van der Waals surface area contributed by atoms with Gasteiger partial charge in [0.05, 0.1) is 10.8 Å². The van der Waals surface area contributed by atoms with Crippen molar-refractivity contribution in [2.45, 2.75) is 56.0 Å². The summed E-state index contributed by atoms with van der Waals surface area (Å²) in [7, 11) is 0. The van der Waals surface area contributed by atoms with Crippen molar-refractivity contribution < 1.29 is 4.79 Å². The van der Waals surface area contributed by atoms with Gasteiger partial charge in [-0.25, -0.2) is 4.98 Å². The third-order valence-corrected chi connectivity index (χ3v) is 7.62. The Morgan fingerprint density at radius 1 is 1.30 bits per heavy atom. The monoisotopic (exact) mass is 436 g/mol. The molecule has 0 fully saturated rings. The summed E-state index contributed by atoms with van der Waals surface area (Å²) < 4.78 is 2.05. The number of aryl methyl sites for hydroxylation is 1. The maximum atomic E-state index is 12.9. The van der Waals surface area contributed by atoms with Crippen LogP contribution in [0, 0.1) is 11.3 Å². The number of imidazole rings is 1. The summed E-state index contributed by atoms with van der Waals surface area (Å²) in [6.45, 7) is 2.60. The van der Waals surface area contributed by atoms with E-state index in [-0.39, 0.29) is 11.2 Å². The van der Waals surface area contributed by atoms with Gasteiger partial charge in [0, 0.05) is 23.8 Å². The first-order valence-corrected chi connectivity index (χ1v) is 11.9. The molecule has 1 atom stereocenters. The predicted molar refractivity (Wildman–Crippen MR) is 122 cm³/mol. The summed E-state index contributed by atoms with van der Waals surface area (Å²) in [6.07, 6.45) is 9.11. The average molecular weight is 437 g/mol. The first-order chi connectivity index (χ1) is 14.7. The van der Waals surface area contributed by atoms with E-state index in [1.54, 1.807) is 17.5 Å². The Morgan fingerprint density at radius 2 is 2.10 bits per heavy atom. The molecule has 1 aliphatic carbocycles. The SMILES string of the molecule is C[C@H](Sc1nccn1Cc1ccccc1)C(=O)Nc1sc2c(c1C#N)CCCCC2. The normalized spacial score (nSPS) is 14.4. The first kappa shape index (κ1) is 20.7. The zero-order chi connectivity index (χ0) is 20.9. The number of hydrogen-bond acceptors (Lipinski definition) is 5. The second kappa shape index (κ2) is 9.50. The second-order valence-electron chi connectivity index (χ2n) is 7.45. The molecule has 0 radical (unpaired) electrons. The highest BCUT2D eigenvalue weighted by atomic mass is 32.2. The van der Waals surface area contributed by atoms with Crippen molar-refractivity contribution >= 4 is 34.0 Å². The number of rotatable bonds is 6. The minimum absolute atomic E-state index is 0.0952. The van der Waals surface area contributed by atoms with E-state index in [4.69, 9.17) is 0 Å². The molecule has 0 bridgehead atoms. The highest BCUT2D eigenvalue weighted by Gasteiger charge is 2.23. The number of nitrogens with one attached hydrogen (secondary N) is 1. The predicted octanol–water partition coefficient (Wildman–Crippen LogP) is 5.25. The number of nitrogens with zero attached hydrogens (tertiary/aromatic N) is 3. The molecule has 0 saturated heterocycles. The van der Waals surface area contributed by atoms with E-state index in [0.717, 1.165) is 36.4 Å². The fourth-order valence-electron chi connectivity index (χ4n) is 3.69. The Labute approximate surface area is 185 Å². The minimum atomic E-state index is -0.324. The quantitative estimate of drug-likeness (QED) is 0.423. The van der Waals surface area contributed by atoms with Crippen molar-refractivity contribution in [3.05, 3.63) is 64.3 Å². The van der Waals surface area contributed by atoms with Crippen molar-refractivity contribution in [2.75, 3.05) is 5.32 Å². The number of thioether (sulfide) groups is 1. The lowest BCUT2D eigenvalue weighted by Gasteiger charge is -2.13. The molecule has 1 aromatic carbocycles. The smallest absolute Gasteiger partial charge is 0.238 e. The molecule has 4 rings (SSSR count). The van der Waals surface area contributed by atoms with Crippen LogP contribution < -0.4 is 5.32 Å². The van der Waals surface area contributed by atoms with Crippen LogP contribution in [0.3, 0.4) is 0 Å². The molecule has 5 nitrogen and oxygen atoms in total. The molecule has 1 amide bonds. The largest absolute Gasteiger partial charge is 0.322 e. The highest BCUT2D eigenvalue weighted by molar-refractivity contribution is 8.00. The molecule has 0 aliphatic heterocycles. The number of nitriles is 1. The van der Waals surface area contributed by atoms with Gasteiger partial charge < -0.3 is 9.88 Å². The van der Waals surface area contributed by atoms with Gasteiger partial charge in [0.15, 0.2) is 5.16 Å². The van der Waals surface area contributed by atoms with Gasteiger partial charge in [0.25, 0.3) is 0 Å². The lowest BCUT2D eigenvalue weighted by Crippen LogP contribution is -2.23. The van der Waals surface area contributed by atoms with Crippen LogP contribution in [0.1, 0.15) is 47.8 Å². The van der Waals surface area contributed by atoms with Crippen molar-refractivity contribution in [3.8, 4) is 6.07 Å². The van der Waals surface area contributed by atoms with E-state index in [1.165, 1.54) is 28.6 Å². The van der Waals surface area contributed by atoms with E-state index in [1.807, 2.05) is 31.3 Å².